The first-order valence-corrected chi connectivity index (χ1v) is 7.85. The van der Waals surface area contributed by atoms with Crippen LogP contribution in [0, 0.1) is 0 Å². The fourth-order valence-electron chi connectivity index (χ4n) is 2.88. The molecule has 0 aromatic heterocycles. The molecule has 8 heteroatoms. The molecule has 2 amide bonds. The van der Waals surface area contributed by atoms with E-state index in [1.807, 2.05) is 5.32 Å². The van der Waals surface area contributed by atoms with Gasteiger partial charge in [-0.1, -0.05) is 24.3 Å². The number of carbonyl (C=O) groups is 1. The lowest BCUT2D eigenvalue weighted by molar-refractivity contribution is -0.155. The molecule has 26 heavy (non-hydrogen) atoms. The van der Waals surface area contributed by atoms with Crippen molar-refractivity contribution < 1.29 is 27.8 Å². The third kappa shape index (κ3) is 3.45. The zero-order valence-corrected chi connectivity index (χ0v) is 13.9. The van der Waals surface area contributed by atoms with Gasteiger partial charge in [-0.3, -0.25) is 4.90 Å². The molecule has 0 bridgehead atoms. The van der Waals surface area contributed by atoms with Crippen LogP contribution >= 0.6 is 0 Å². The van der Waals surface area contributed by atoms with Crippen LogP contribution in [0.1, 0.15) is 22.7 Å². The summed E-state index contributed by atoms with van der Waals surface area (Å²) < 4.78 is 45.0. The van der Waals surface area contributed by atoms with Crippen molar-refractivity contribution in [3.8, 4) is 5.75 Å². The van der Waals surface area contributed by atoms with Crippen LogP contribution < -0.4 is 15.0 Å². The zero-order valence-electron chi connectivity index (χ0n) is 13.9. The maximum absolute atomic E-state index is 13.3. The summed E-state index contributed by atoms with van der Waals surface area (Å²) in [5.74, 6) is 0.636. The van der Waals surface area contributed by atoms with E-state index in [4.69, 9.17) is 4.74 Å². The van der Waals surface area contributed by atoms with Crippen molar-refractivity contribution in [3.05, 3.63) is 59.2 Å². The van der Waals surface area contributed by atoms with Gasteiger partial charge in [0.2, 0.25) is 0 Å². The highest BCUT2D eigenvalue weighted by atomic mass is 19.4. The summed E-state index contributed by atoms with van der Waals surface area (Å²) in [5.41, 5.74) is 1.24. The average molecular weight is 366 g/mol. The van der Waals surface area contributed by atoms with Gasteiger partial charge in [-0.2, -0.15) is 13.2 Å². The lowest BCUT2D eigenvalue weighted by Gasteiger charge is -2.36. The van der Waals surface area contributed by atoms with Crippen molar-refractivity contribution in [1.29, 1.82) is 0 Å². The second-order valence-electron chi connectivity index (χ2n) is 5.91. The Hall–Kier alpha value is -2.74. The van der Waals surface area contributed by atoms with Crippen molar-refractivity contribution in [2.75, 3.05) is 12.0 Å². The topological polar surface area (TPSA) is 61.8 Å². The largest absolute Gasteiger partial charge is 0.497 e. The van der Waals surface area contributed by atoms with Crippen LogP contribution in [0.3, 0.4) is 0 Å². The Kier molecular flexibility index (Phi) is 4.78. The molecule has 1 aliphatic rings. The number of methoxy groups -OCH3 is 1. The van der Waals surface area contributed by atoms with Crippen LogP contribution in [0.5, 0.6) is 5.75 Å². The van der Waals surface area contributed by atoms with Crippen LogP contribution in [-0.4, -0.2) is 24.4 Å². The average Bonchev–Trinajstić information content (AvgIpc) is 2.63. The Bertz CT molecular complexity index is 806. The van der Waals surface area contributed by atoms with Crippen molar-refractivity contribution >= 4 is 11.7 Å². The van der Waals surface area contributed by atoms with Gasteiger partial charge in [0.15, 0.2) is 6.04 Å². The van der Waals surface area contributed by atoms with Gasteiger partial charge in [0.1, 0.15) is 5.75 Å². The maximum Gasteiger partial charge on any atom is 0.413 e. The zero-order chi connectivity index (χ0) is 18.9. The molecule has 0 aliphatic carbocycles. The number of aliphatic hydroxyl groups excluding tert-OH is 1. The molecule has 1 atom stereocenters. The maximum atomic E-state index is 13.3. The first kappa shape index (κ1) is 18.1. The molecule has 3 rings (SSSR count). The first-order valence-electron chi connectivity index (χ1n) is 7.85. The van der Waals surface area contributed by atoms with Gasteiger partial charge >= 0.3 is 12.2 Å². The molecule has 0 saturated carbocycles. The summed E-state index contributed by atoms with van der Waals surface area (Å²) in [6.07, 6.45) is -4.61. The molecule has 2 N–H and O–H groups in total. The van der Waals surface area contributed by atoms with Gasteiger partial charge in [0, 0.05) is 5.56 Å². The Morgan fingerprint density at radius 3 is 2.38 bits per heavy atom. The molecule has 138 valence electrons. The number of nitrogens with one attached hydrogen (secondary N) is 1. The number of hydrogen-bond acceptors (Lipinski definition) is 3. The summed E-state index contributed by atoms with van der Waals surface area (Å²) in [4.78, 5) is 13.6. The second kappa shape index (κ2) is 6.87. The molecule has 1 unspecified atom stereocenters. The molecule has 0 fully saturated rings. The van der Waals surface area contributed by atoms with E-state index in [1.165, 1.54) is 30.2 Å². The summed E-state index contributed by atoms with van der Waals surface area (Å²) >= 11 is 0. The van der Waals surface area contributed by atoms with Crippen molar-refractivity contribution in [1.82, 2.24) is 5.32 Å². The Labute approximate surface area is 148 Å². The molecule has 0 saturated heterocycles. The van der Waals surface area contributed by atoms with E-state index in [1.54, 1.807) is 24.3 Å². The highest BCUT2D eigenvalue weighted by Crippen LogP contribution is 2.41. The monoisotopic (exact) mass is 366 g/mol. The highest BCUT2D eigenvalue weighted by Gasteiger charge is 2.47. The van der Waals surface area contributed by atoms with E-state index < -0.39 is 18.2 Å². The van der Waals surface area contributed by atoms with Gasteiger partial charge in [-0.25, -0.2) is 4.79 Å². The summed E-state index contributed by atoms with van der Waals surface area (Å²) in [5, 5.41) is 11.3. The van der Waals surface area contributed by atoms with Crippen LogP contribution in [0.4, 0.5) is 23.7 Å². The van der Waals surface area contributed by atoms with Crippen LogP contribution in [0.15, 0.2) is 42.5 Å². The molecule has 1 aliphatic heterocycles. The van der Waals surface area contributed by atoms with Crippen LogP contribution in [-0.2, 0) is 13.2 Å². The fourth-order valence-corrected chi connectivity index (χ4v) is 2.88. The van der Waals surface area contributed by atoms with E-state index in [-0.39, 0.29) is 24.4 Å². The van der Waals surface area contributed by atoms with Crippen molar-refractivity contribution in [2.45, 2.75) is 25.4 Å². The van der Waals surface area contributed by atoms with E-state index in [0.717, 1.165) is 5.56 Å². The molecule has 2 aromatic rings. The number of ether oxygens (including phenoxy) is 1. The van der Waals surface area contributed by atoms with Gasteiger partial charge in [-0.05, 0) is 29.3 Å². The minimum atomic E-state index is -4.61. The number of nitrogens with zero attached hydrogens (tertiary/aromatic N) is 1. The number of hydrogen-bond donors (Lipinski definition) is 2. The van der Waals surface area contributed by atoms with Gasteiger partial charge in [0.25, 0.3) is 0 Å². The summed E-state index contributed by atoms with van der Waals surface area (Å²) in [6.45, 7) is -0.246. The van der Waals surface area contributed by atoms with Crippen molar-refractivity contribution in [3.63, 3.8) is 0 Å². The lowest BCUT2D eigenvalue weighted by Crippen LogP contribution is -2.50. The lowest BCUT2D eigenvalue weighted by atomic mass is 9.98. The van der Waals surface area contributed by atoms with Gasteiger partial charge in [-0.15, -0.1) is 0 Å². The number of carbonyl (C=O) groups excluding carboxylic acids is 1. The van der Waals surface area contributed by atoms with Crippen LogP contribution in [0.2, 0.25) is 0 Å². The molecular formula is C18H17F3N2O3. The van der Waals surface area contributed by atoms with E-state index in [9.17, 15) is 23.1 Å². The highest BCUT2D eigenvalue weighted by molar-refractivity contribution is 5.95. The van der Waals surface area contributed by atoms with E-state index in [0.29, 0.717) is 11.3 Å². The van der Waals surface area contributed by atoms with E-state index in [2.05, 4.69) is 0 Å². The number of rotatable bonds is 4. The second-order valence-corrected chi connectivity index (χ2v) is 5.91. The normalized spacial score (nSPS) is 16.9. The quantitative estimate of drug-likeness (QED) is 0.870. The molecule has 1 heterocycles. The summed E-state index contributed by atoms with van der Waals surface area (Å²) in [7, 11) is 1.52. The standard InChI is InChI=1S/C18H17F3N2O3/c1-26-13-5-2-11(3-6-13)9-23-15-8-12(10-24)4-7-14(15)16(18(19,20)21)22-17(23)25/h2-8,16,24H,9-10H2,1H3,(H,22,25). The predicted molar refractivity (Wildman–Crippen MR) is 88.9 cm³/mol. The molecule has 0 radical (unpaired) electrons. The SMILES string of the molecule is COc1ccc(CN2C(=O)NC(C(F)(F)F)c3ccc(CO)cc32)cc1. The van der Waals surface area contributed by atoms with Crippen molar-refractivity contribution in [2.24, 2.45) is 0 Å². The number of benzene rings is 2. The number of alkyl halides is 3. The first-order chi connectivity index (χ1) is 12.3. The Morgan fingerprint density at radius 2 is 1.81 bits per heavy atom. The number of urea groups is 1. The molecule has 0 spiro atoms. The third-order valence-electron chi connectivity index (χ3n) is 4.22. The Balaban J connectivity index is 2.00. The minimum Gasteiger partial charge on any atom is -0.497 e. The van der Waals surface area contributed by atoms with Gasteiger partial charge < -0.3 is 15.2 Å². The Morgan fingerprint density at radius 1 is 1.15 bits per heavy atom. The summed E-state index contributed by atoms with van der Waals surface area (Å²) in [6, 6.07) is 8.09. The van der Waals surface area contributed by atoms with Crippen LogP contribution in [0.25, 0.3) is 0 Å². The molecule has 2 aromatic carbocycles. The number of halogens is 3. The third-order valence-corrected chi connectivity index (χ3v) is 4.22. The number of anilines is 1. The smallest absolute Gasteiger partial charge is 0.413 e. The molecule has 5 nitrogen and oxygen atoms in total. The fraction of sp³-hybridized carbons (Fsp3) is 0.278. The molecular weight excluding hydrogens is 349 g/mol. The minimum absolute atomic E-state index is 0.0530. The predicted octanol–water partition coefficient (Wildman–Crippen LogP) is 3.52. The number of aliphatic hydroxyl groups is 1. The van der Waals surface area contributed by atoms with E-state index >= 15 is 0 Å². The number of amides is 2. The van der Waals surface area contributed by atoms with Gasteiger partial charge in [0.05, 0.1) is 25.9 Å². The number of fused-ring (bicyclic) bond motifs is 1.